The predicted molar refractivity (Wildman–Crippen MR) is 64.5 cm³/mol. The van der Waals surface area contributed by atoms with Gasteiger partial charge in [0, 0.05) is 12.1 Å². The highest BCUT2D eigenvalue weighted by atomic mass is 19.4. The van der Waals surface area contributed by atoms with Gasteiger partial charge in [0.25, 0.3) is 0 Å². The second-order valence-electron chi connectivity index (χ2n) is 3.78. The van der Waals surface area contributed by atoms with E-state index in [1.807, 2.05) is 0 Å². The van der Waals surface area contributed by atoms with E-state index >= 15 is 0 Å². The summed E-state index contributed by atoms with van der Waals surface area (Å²) in [5.41, 5.74) is 6.10. The van der Waals surface area contributed by atoms with E-state index in [2.05, 4.69) is 0 Å². The largest absolute Gasteiger partial charge is 0.450 e. The Morgan fingerprint density at radius 1 is 1.16 bits per heavy atom. The maximum Gasteiger partial charge on any atom is 0.450 e. The third kappa shape index (κ3) is 4.67. The van der Waals surface area contributed by atoms with Crippen LogP contribution in [0.3, 0.4) is 0 Å². The number of carbonyl (C=O) groups is 2. The standard InChI is InChI=1S/C13H12F3NO2/c14-13(15,16)12(19)8-11(18)10-5-3-9(4-6-10)2-1-7-17/h1-6H,7-8,17H2. The summed E-state index contributed by atoms with van der Waals surface area (Å²) in [6.07, 6.45) is -2.72. The molecule has 0 aliphatic rings. The predicted octanol–water partition coefficient (Wildman–Crippen LogP) is 2.36. The van der Waals surface area contributed by atoms with E-state index in [1.165, 1.54) is 12.1 Å². The first kappa shape index (κ1) is 15.1. The molecule has 0 unspecified atom stereocenters. The van der Waals surface area contributed by atoms with Gasteiger partial charge in [0.1, 0.15) is 0 Å². The SMILES string of the molecule is NCC=Cc1ccc(C(=O)CC(=O)C(F)(F)F)cc1. The van der Waals surface area contributed by atoms with E-state index in [4.69, 9.17) is 5.73 Å². The minimum Gasteiger partial charge on any atom is -0.327 e. The molecule has 1 aromatic carbocycles. The Hall–Kier alpha value is -1.95. The van der Waals surface area contributed by atoms with Gasteiger partial charge in [-0.15, -0.1) is 0 Å². The summed E-state index contributed by atoms with van der Waals surface area (Å²) in [6, 6.07) is 5.89. The average molecular weight is 271 g/mol. The van der Waals surface area contributed by atoms with Crippen LogP contribution in [0.25, 0.3) is 6.08 Å². The van der Waals surface area contributed by atoms with Crippen LogP contribution in [0.5, 0.6) is 0 Å². The van der Waals surface area contributed by atoms with Crippen molar-refractivity contribution in [3.05, 3.63) is 41.5 Å². The number of halogens is 3. The number of alkyl halides is 3. The van der Waals surface area contributed by atoms with Crippen LogP contribution in [0, 0.1) is 0 Å². The van der Waals surface area contributed by atoms with Crippen molar-refractivity contribution in [2.45, 2.75) is 12.6 Å². The number of hydrogen-bond acceptors (Lipinski definition) is 3. The van der Waals surface area contributed by atoms with Gasteiger partial charge in [-0.25, -0.2) is 0 Å². The van der Waals surface area contributed by atoms with Crippen molar-refractivity contribution < 1.29 is 22.8 Å². The monoisotopic (exact) mass is 271 g/mol. The normalized spacial score (nSPS) is 11.8. The summed E-state index contributed by atoms with van der Waals surface area (Å²) in [6.45, 7) is 0.362. The molecule has 0 aliphatic carbocycles. The Labute approximate surface area is 107 Å². The average Bonchev–Trinajstić information content (AvgIpc) is 2.35. The fraction of sp³-hybridized carbons (Fsp3) is 0.231. The van der Waals surface area contributed by atoms with Crippen molar-refractivity contribution in [1.29, 1.82) is 0 Å². The summed E-state index contributed by atoms with van der Waals surface area (Å²) >= 11 is 0. The molecule has 0 amide bonds. The van der Waals surface area contributed by atoms with Crippen molar-refractivity contribution in [3.63, 3.8) is 0 Å². The van der Waals surface area contributed by atoms with E-state index in [9.17, 15) is 22.8 Å². The third-order valence-corrected chi connectivity index (χ3v) is 2.32. The Morgan fingerprint density at radius 2 is 1.74 bits per heavy atom. The van der Waals surface area contributed by atoms with E-state index in [-0.39, 0.29) is 5.56 Å². The first-order valence-electron chi connectivity index (χ1n) is 5.44. The van der Waals surface area contributed by atoms with Crippen LogP contribution >= 0.6 is 0 Å². The Morgan fingerprint density at radius 3 is 2.21 bits per heavy atom. The van der Waals surface area contributed by atoms with Crippen LogP contribution in [0.4, 0.5) is 13.2 Å². The number of carbonyl (C=O) groups excluding carboxylic acids is 2. The lowest BCUT2D eigenvalue weighted by Gasteiger charge is -2.04. The highest BCUT2D eigenvalue weighted by Gasteiger charge is 2.39. The van der Waals surface area contributed by atoms with Gasteiger partial charge < -0.3 is 5.73 Å². The molecular formula is C13H12F3NO2. The first-order chi connectivity index (χ1) is 8.84. The lowest BCUT2D eigenvalue weighted by atomic mass is 10.0. The van der Waals surface area contributed by atoms with Gasteiger partial charge in [-0.1, -0.05) is 36.4 Å². The number of benzene rings is 1. The van der Waals surface area contributed by atoms with Crippen molar-refractivity contribution in [3.8, 4) is 0 Å². The summed E-state index contributed by atoms with van der Waals surface area (Å²) in [5.74, 6) is -2.89. The topological polar surface area (TPSA) is 60.2 Å². The maximum atomic E-state index is 12.0. The number of hydrogen-bond donors (Lipinski definition) is 1. The van der Waals surface area contributed by atoms with Gasteiger partial charge in [0.15, 0.2) is 5.78 Å². The molecule has 0 heterocycles. The Balaban J connectivity index is 2.73. The van der Waals surface area contributed by atoms with Crippen LogP contribution in [0.1, 0.15) is 22.3 Å². The lowest BCUT2D eigenvalue weighted by Crippen LogP contribution is -2.25. The minimum atomic E-state index is -4.97. The molecule has 102 valence electrons. The second-order valence-corrected chi connectivity index (χ2v) is 3.78. The van der Waals surface area contributed by atoms with Gasteiger partial charge >= 0.3 is 6.18 Å². The Bertz CT molecular complexity index is 490. The summed E-state index contributed by atoms with van der Waals surface area (Å²) < 4.78 is 36.0. The summed E-state index contributed by atoms with van der Waals surface area (Å²) in [5, 5.41) is 0. The molecule has 19 heavy (non-hydrogen) atoms. The van der Waals surface area contributed by atoms with Gasteiger partial charge in [0.05, 0.1) is 6.42 Å². The first-order valence-corrected chi connectivity index (χ1v) is 5.44. The molecule has 0 aliphatic heterocycles. The second kappa shape index (κ2) is 6.29. The van der Waals surface area contributed by atoms with E-state index in [0.29, 0.717) is 6.54 Å². The van der Waals surface area contributed by atoms with Crippen LogP contribution < -0.4 is 5.73 Å². The molecule has 0 saturated heterocycles. The molecule has 0 spiro atoms. The molecule has 0 bridgehead atoms. The third-order valence-electron chi connectivity index (χ3n) is 2.32. The van der Waals surface area contributed by atoms with E-state index in [0.717, 1.165) is 5.56 Å². The molecule has 3 nitrogen and oxygen atoms in total. The summed E-state index contributed by atoms with van der Waals surface area (Å²) in [7, 11) is 0. The van der Waals surface area contributed by atoms with E-state index in [1.54, 1.807) is 24.3 Å². The van der Waals surface area contributed by atoms with Gasteiger partial charge in [-0.3, -0.25) is 9.59 Å². The zero-order valence-electron chi connectivity index (χ0n) is 9.91. The molecule has 2 N–H and O–H groups in total. The van der Waals surface area contributed by atoms with Crippen LogP contribution in [0.2, 0.25) is 0 Å². The van der Waals surface area contributed by atoms with Crippen LogP contribution in [-0.2, 0) is 4.79 Å². The number of rotatable bonds is 5. The Kier molecular flexibility index (Phi) is 5.00. The molecule has 0 saturated carbocycles. The minimum absolute atomic E-state index is 0.0718. The van der Waals surface area contributed by atoms with Gasteiger partial charge in [-0.2, -0.15) is 13.2 Å². The van der Waals surface area contributed by atoms with Crippen molar-refractivity contribution in [2.75, 3.05) is 6.54 Å². The lowest BCUT2D eigenvalue weighted by molar-refractivity contribution is -0.170. The highest BCUT2D eigenvalue weighted by Crippen LogP contribution is 2.19. The fourth-order valence-electron chi connectivity index (χ4n) is 1.33. The number of ketones is 2. The molecule has 1 aromatic rings. The number of Topliss-reactive ketones (excluding diaryl/α,β-unsaturated/α-hetero) is 2. The van der Waals surface area contributed by atoms with Crippen LogP contribution in [-0.4, -0.2) is 24.3 Å². The molecular weight excluding hydrogens is 259 g/mol. The fourth-order valence-corrected chi connectivity index (χ4v) is 1.33. The summed E-state index contributed by atoms with van der Waals surface area (Å²) in [4.78, 5) is 22.2. The zero-order valence-corrected chi connectivity index (χ0v) is 9.91. The maximum absolute atomic E-state index is 12.0. The molecule has 0 aromatic heterocycles. The van der Waals surface area contributed by atoms with Crippen LogP contribution in [0.15, 0.2) is 30.3 Å². The highest BCUT2D eigenvalue weighted by molar-refractivity contribution is 6.09. The van der Waals surface area contributed by atoms with E-state index < -0.39 is 24.2 Å². The van der Waals surface area contributed by atoms with Gasteiger partial charge in [-0.05, 0) is 5.56 Å². The van der Waals surface area contributed by atoms with Crippen molar-refractivity contribution >= 4 is 17.6 Å². The molecule has 0 fully saturated rings. The van der Waals surface area contributed by atoms with Gasteiger partial charge in [0.2, 0.25) is 5.78 Å². The molecule has 0 radical (unpaired) electrons. The van der Waals surface area contributed by atoms with Crippen molar-refractivity contribution in [1.82, 2.24) is 0 Å². The molecule has 6 heteroatoms. The van der Waals surface area contributed by atoms with Crippen molar-refractivity contribution in [2.24, 2.45) is 5.73 Å². The number of nitrogens with two attached hydrogens (primary N) is 1. The quantitative estimate of drug-likeness (QED) is 0.660. The zero-order chi connectivity index (χ0) is 14.5. The smallest absolute Gasteiger partial charge is 0.327 e. The molecule has 0 atom stereocenters. The molecule has 1 rings (SSSR count).